The van der Waals surface area contributed by atoms with E-state index in [0.717, 1.165) is 29.7 Å². The van der Waals surface area contributed by atoms with Gasteiger partial charge in [0.25, 0.3) is 5.91 Å². The van der Waals surface area contributed by atoms with Gasteiger partial charge in [-0.15, -0.1) is 0 Å². The number of fused-ring (bicyclic) bond motifs is 1. The van der Waals surface area contributed by atoms with Crippen LogP contribution in [0.2, 0.25) is 0 Å². The van der Waals surface area contributed by atoms with Gasteiger partial charge in [0.1, 0.15) is 12.4 Å². The SMILES string of the molecule is C=CC(=O)Nc1cc(-n2cc(-c3ccc4c(c3)CCNC4=O)c(N)n2)ccc1OCCN(C)C. The number of likely N-dealkylation sites (N-methyl/N-ethyl adjacent to an activating group) is 1. The minimum atomic E-state index is -0.339. The predicted molar refractivity (Wildman–Crippen MR) is 132 cm³/mol. The number of ether oxygens (including phenoxy) is 1. The summed E-state index contributed by atoms with van der Waals surface area (Å²) in [5.41, 5.74) is 10.8. The van der Waals surface area contributed by atoms with Crippen LogP contribution < -0.4 is 21.1 Å². The lowest BCUT2D eigenvalue weighted by atomic mass is 9.96. The van der Waals surface area contributed by atoms with Gasteiger partial charge in [-0.25, -0.2) is 4.68 Å². The third kappa shape index (κ3) is 4.94. The molecule has 1 aromatic heterocycles. The summed E-state index contributed by atoms with van der Waals surface area (Å²) < 4.78 is 7.52. The maximum atomic E-state index is 12.0. The number of aromatic nitrogens is 2. The van der Waals surface area contributed by atoms with Crippen molar-refractivity contribution in [2.75, 3.05) is 44.8 Å². The van der Waals surface area contributed by atoms with Gasteiger partial charge in [0, 0.05) is 30.4 Å². The molecular formula is C25H28N6O3. The number of anilines is 2. The van der Waals surface area contributed by atoms with Gasteiger partial charge in [0.2, 0.25) is 5.91 Å². The van der Waals surface area contributed by atoms with Crippen molar-refractivity contribution in [1.29, 1.82) is 0 Å². The molecule has 2 amide bonds. The molecule has 0 saturated heterocycles. The smallest absolute Gasteiger partial charge is 0.251 e. The first-order valence-corrected chi connectivity index (χ1v) is 11.0. The Morgan fingerprint density at radius 3 is 2.88 bits per heavy atom. The van der Waals surface area contributed by atoms with Gasteiger partial charge in [0.15, 0.2) is 5.82 Å². The standard InChI is InChI=1S/C25H28N6O3/c1-4-23(32)28-21-14-18(6-8-22(21)34-12-11-30(2)3)31-15-20(24(26)29-31)16-5-7-19-17(13-16)9-10-27-25(19)33/h4-8,13-15H,1,9-12H2,2-3H3,(H2,26,29)(H,27,33)(H,28,32). The Labute approximate surface area is 198 Å². The number of hydrogen-bond donors (Lipinski definition) is 3. The highest BCUT2D eigenvalue weighted by molar-refractivity contribution is 6.00. The molecule has 176 valence electrons. The Hall–Kier alpha value is -4.11. The highest BCUT2D eigenvalue weighted by Gasteiger charge is 2.19. The van der Waals surface area contributed by atoms with Crippen LogP contribution in [-0.2, 0) is 11.2 Å². The number of nitrogens with one attached hydrogen (secondary N) is 2. The number of amides is 2. The fourth-order valence-corrected chi connectivity index (χ4v) is 3.74. The Morgan fingerprint density at radius 2 is 2.12 bits per heavy atom. The highest BCUT2D eigenvalue weighted by atomic mass is 16.5. The van der Waals surface area contributed by atoms with Crippen molar-refractivity contribution < 1.29 is 14.3 Å². The van der Waals surface area contributed by atoms with Gasteiger partial charge in [-0.05, 0) is 62.0 Å². The zero-order valence-electron chi connectivity index (χ0n) is 19.3. The van der Waals surface area contributed by atoms with Crippen molar-refractivity contribution >= 4 is 23.3 Å². The third-order valence-corrected chi connectivity index (χ3v) is 5.55. The average Bonchev–Trinajstić information content (AvgIpc) is 3.21. The second kappa shape index (κ2) is 9.80. The number of nitrogen functional groups attached to an aromatic ring is 1. The summed E-state index contributed by atoms with van der Waals surface area (Å²) >= 11 is 0. The second-order valence-electron chi connectivity index (χ2n) is 8.28. The maximum Gasteiger partial charge on any atom is 0.251 e. The molecule has 0 aliphatic carbocycles. The minimum absolute atomic E-state index is 0.0570. The summed E-state index contributed by atoms with van der Waals surface area (Å²) in [6.45, 7) is 5.34. The highest BCUT2D eigenvalue weighted by Crippen LogP contribution is 2.32. The third-order valence-electron chi connectivity index (χ3n) is 5.55. The van der Waals surface area contributed by atoms with E-state index in [-0.39, 0.29) is 11.8 Å². The van der Waals surface area contributed by atoms with Crippen LogP contribution in [-0.4, -0.2) is 60.3 Å². The van der Waals surface area contributed by atoms with Crippen LogP contribution in [0.1, 0.15) is 15.9 Å². The summed E-state index contributed by atoms with van der Waals surface area (Å²) in [6, 6.07) is 11.1. The van der Waals surface area contributed by atoms with E-state index in [9.17, 15) is 9.59 Å². The minimum Gasteiger partial charge on any atom is -0.490 e. The molecule has 0 unspecified atom stereocenters. The van der Waals surface area contributed by atoms with Crippen LogP contribution in [0.5, 0.6) is 5.75 Å². The number of nitrogens with two attached hydrogens (primary N) is 1. The van der Waals surface area contributed by atoms with Gasteiger partial charge >= 0.3 is 0 Å². The number of carbonyl (C=O) groups is 2. The first-order valence-electron chi connectivity index (χ1n) is 11.0. The molecule has 0 saturated carbocycles. The molecule has 3 aromatic rings. The van der Waals surface area contributed by atoms with Gasteiger partial charge < -0.3 is 26.0 Å². The Bertz CT molecular complexity index is 1250. The van der Waals surface area contributed by atoms with Crippen LogP contribution in [0.15, 0.2) is 55.3 Å². The normalized spacial score (nSPS) is 12.7. The number of rotatable bonds is 8. The summed E-state index contributed by atoms with van der Waals surface area (Å²) in [7, 11) is 3.92. The predicted octanol–water partition coefficient (Wildman–Crippen LogP) is 2.47. The Kier molecular flexibility index (Phi) is 6.65. The van der Waals surface area contributed by atoms with Crippen LogP contribution >= 0.6 is 0 Å². The fraction of sp³-hybridized carbons (Fsp3) is 0.240. The first kappa shape index (κ1) is 23.1. The molecule has 9 heteroatoms. The van der Waals surface area contributed by atoms with Crippen molar-refractivity contribution in [3.8, 4) is 22.6 Å². The van der Waals surface area contributed by atoms with Crippen LogP contribution in [0.4, 0.5) is 11.5 Å². The number of nitrogens with zero attached hydrogens (tertiary/aromatic N) is 3. The van der Waals surface area contributed by atoms with E-state index in [0.29, 0.717) is 41.7 Å². The van der Waals surface area contributed by atoms with Gasteiger partial charge in [-0.2, -0.15) is 5.10 Å². The van der Waals surface area contributed by atoms with Crippen LogP contribution in [0, 0.1) is 0 Å². The summed E-state index contributed by atoms with van der Waals surface area (Å²) in [4.78, 5) is 26.0. The first-order chi connectivity index (χ1) is 16.4. The molecule has 1 aliphatic heterocycles. The van der Waals surface area contributed by atoms with Crippen molar-refractivity contribution in [3.63, 3.8) is 0 Å². The molecule has 1 aliphatic rings. The zero-order chi connectivity index (χ0) is 24.2. The van der Waals surface area contributed by atoms with Crippen molar-refractivity contribution in [3.05, 3.63) is 66.4 Å². The molecule has 0 fully saturated rings. The van der Waals surface area contributed by atoms with Crippen molar-refractivity contribution in [2.24, 2.45) is 0 Å². The maximum absolute atomic E-state index is 12.0. The largest absolute Gasteiger partial charge is 0.490 e. The number of carbonyl (C=O) groups excluding carboxylic acids is 2. The molecule has 9 nitrogen and oxygen atoms in total. The number of benzene rings is 2. The Balaban J connectivity index is 1.65. The molecule has 0 bridgehead atoms. The van der Waals surface area contributed by atoms with E-state index < -0.39 is 0 Å². The lowest BCUT2D eigenvalue weighted by molar-refractivity contribution is -0.111. The van der Waals surface area contributed by atoms with Crippen LogP contribution in [0.3, 0.4) is 0 Å². The van der Waals surface area contributed by atoms with E-state index in [4.69, 9.17) is 10.5 Å². The summed E-state index contributed by atoms with van der Waals surface area (Å²) in [6.07, 6.45) is 3.81. The van der Waals surface area contributed by atoms with Crippen LogP contribution in [0.25, 0.3) is 16.8 Å². The molecule has 2 aromatic carbocycles. The Morgan fingerprint density at radius 1 is 1.29 bits per heavy atom. The molecule has 4 N–H and O–H groups in total. The summed E-state index contributed by atoms with van der Waals surface area (Å²) in [5, 5.41) is 10.1. The topological polar surface area (TPSA) is 115 Å². The van der Waals surface area contributed by atoms with Gasteiger partial charge in [-0.3, -0.25) is 9.59 Å². The molecule has 4 rings (SSSR count). The molecular weight excluding hydrogens is 432 g/mol. The van der Waals surface area contributed by atoms with E-state index >= 15 is 0 Å². The lowest BCUT2D eigenvalue weighted by Crippen LogP contribution is -2.31. The van der Waals surface area contributed by atoms with E-state index in [1.54, 1.807) is 16.8 Å². The van der Waals surface area contributed by atoms with Crippen molar-refractivity contribution in [2.45, 2.75) is 6.42 Å². The fourth-order valence-electron chi connectivity index (χ4n) is 3.74. The lowest BCUT2D eigenvalue weighted by Gasteiger charge is -2.17. The van der Waals surface area contributed by atoms with Gasteiger partial charge in [0.05, 0.1) is 11.4 Å². The molecule has 34 heavy (non-hydrogen) atoms. The monoisotopic (exact) mass is 460 g/mol. The van der Waals surface area contributed by atoms with Gasteiger partial charge in [-0.1, -0.05) is 18.7 Å². The molecule has 0 atom stereocenters. The molecule has 0 spiro atoms. The number of hydrogen-bond acceptors (Lipinski definition) is 6. The van der Waals surface area contributed by atoms with E-state index in [2.05, 4.69) is 22.3 Å². The van der Waals surface area contributed by atoms with Crippen molar-refractivity contribution in [1.82, 2.24) is 20.0 Å². The average molecular weight is 461 g/mol. The molecule has 2 heterocycles. The van der Waals surface area contributed by atoms with E-state index in [1.807, 2.05) is 49.5 Å². The molecule has 0 radical (unpaired) electrons. The van der Waals surface area contributed by atoms with E-state index in [1.165, 1.54) is 6.08 Å². The zero-order valence-corrected chi connectivity index (χ0v) is 19.3. The second-order valence-corrected chi connectivity index (χ2v) is 8.28. The summed E-state index contributed by atoms with van der Waals surface area (Å²) in [5.74, 6) is 0.518. The quantitative estimate of drug-likeness (QED) is 0.445.